The van der Waals surface area contributed by atoms with Crippen LogP contribution in [0.2, 0.25) is 0 Å². The van der Waals surface area contributed by atoms with Crippen molar-refractivity contribution in [2.75, 3.05) is 19.5 Å². The molecule has 0 aliphatic heterocycles. The van der Waals surface area contributed by atoms with Crippen molar-refractivity contribution in [3.05, 3.63) is 48.3 Å². The number of benzene rings is 2. The zero-order valence-corrected chi connectivity index (χ0v) is 15.0. The van der Waals surface area contributed by atoms with Gasteiger partial charge in [-0.25, -0.2) is 18.9 Å². The highest BCUT2D eigenvalue weighted by atomic mass is 32.2. The summed E-state index contributed by atoms with van der Waals surface area (Å²) < 4.78 is 32.5. The molecule has 8 nitrogen and oxygen atoms in total. The number of hydrogen-bond acceptors (Lipinski definition) is 6. The van der Waals surface area contributed by atoms with Gasteiger partial charge >= 0.3 is 0 Å². The standard InChI is InChI=1S/C17H18N4O4S/c1-24-15-7-13-14(8-16(15)25-2)18-10-19-17(13)21-12-5-3-11(4-6-12)9-20-26(22)23/h3-8,10,20H,9H2,1-2H3,(H,22,23)(H,18,19,21). The van der Waals surface area contributed by atoms with Gasteiger partial charge in [-0.2, -0.15) is 0 Å². The predicted molar refractivity (Wildman–Crippen MR) is 100.0 cm³/mol. The van der Waals surface area contributed by atoms with E-state index >= 15 is 0 Å². The van der Waals surface area contributed by atoms with E-state index in [4.69, 9.17) is 14.0 Å². The van der Waals surface area contributed by atoms with Gasteiger partial charge in [0.1, 0.15) is 12.1 Å². The number of fused-ring (bicyclic) bond motifs is 1. The predicted octanol–water partition coefficient (Wildman–Crippen LogP) is 2.62. The summed E-state index contributed by atoms with van der Waals surface area (Å²) in [5.74, 6) is 1.83. The van der Waals surface area contributed by atoms with Gasteiger partial charge in [-0.05, 0) is 23.8 Å². The van der Waals surface area contributed by atoms with Gasteiger partial charge in [0, 0.05) is 23.7 Å². The number of nitrogens with zero attached hydrogens (tertiary/aromatic N) is 2. The molecule has 0 radical (unpaired) electrons. The zero-order valence-electron chi connectivity index (χ0n) is 14.2. The van der Waals surface area contributed by atoms with Crippen LogP contribution in [0.15, 0.2) is 42.7 Å². The Balaban J connectivity index is 1.87. The van der Waals surface area contributed by atoms with Crippen LogP contribution in [0.25, 0.3) is 10.9 Å². The lowest BCUT2D eigenvalue weighted by Crippen LogP contribution is -2.15. The average molecular weight is 374 g/mol. The van der Waals surface area contributed by atoms with E-state index in [1.165, 1.54) is 6.33 Å². The van der Waals surface area contributed by atoms with E-state index in [1.807, 2.05) is 30.3 Å². The fraction of sp³-hybridized carbons (Fsp3) is 0.176. The first-order chi connectivity index (χ1) is 12.6. The Hall–Kier alpha value is -2.75. The lowest BCUT2D eigenvalue weighted by atomic mass is 10.2. The summed E-state index contributed by atoms with van der Waals surface area (Å²) in [6.07, 6.45) is 1.48. The molecule has 1 aromatic heterocycles. The second-order valence-corrected chi connectivity index (χ2v) is 6.13. The average Bonchev–Trinajstić information content (AvgIpc) is 2.66. The molecular weight excluding hydrogens is 356 g/mol. The van der Waals surface area contributed by atoms with Crippen LogP contribution in [-0.4, -0.2) is 32.9 Å². The van der Waals surface area contributed by atoms with Crippen LogP contribution in [0.3, 0.4) is 0 Å². The summed E-state index contributed by atoms with van der Waals surface area (Å²) in [6.45, 7) is 0.302. The number of aromatic nitrogens is 2. The van der Waals surface area contributed by atoms with Gasteiger partial charge in [0.15, 0.2) is 11.5 Å². The second-order valence-electron chi connectivity index (χ2n) is 5.34. The van der Waals surface area contributed by atoms with Crippen LogP contribution in [0, 0.1) is 0 Å². The third kappa shape index (κ3) is 4.07. The molecule has 0 spiro atoms. The van der Waals surface area contributed by atoms with Crippen molar-refractivity contribution in [1.82, 2.24) is 14.7 Å². The number of ether oxygens (including phenoxy) is 2. The molecule has 2 aromatic carbocycles. The first-order valence-corrected chi connectivity index (χ1v) is 8.78. The quantitative estimate of drug-likeness (QED) is 0.546. The van der Waals surface area contributed by atoms with Crippen LogP contribution in [0.4, 0.5) is 11.5 Å². The van der Waals surface area contributed by atoms with Crippen molar-refractivity contribution in [2.24, 2.45) is 0 Å². The van der Waals surface area contributed by atoms with Gasteiger partial charge in [0.25, 0.3) is 0 Å². The molecule has 0 amide bonds. The lowest BCUT2D eigenvalue weighted by molar-refractivity contribution is 0.356. The topological polar surface area (TPSA) is 106 Å². The first kappa shape index (κ1) is 18.1. The molecule has 3 rings (SSSR count). The number of rotatable bonds is 7. The highest BCUT2D eigenvalue weighted by Gasteiger charge is 2.11. The van der Waals surface area contributed by atoms with Gasteiger partial charge in [0.05, 0.1) is 19.7 Å². The van der Waals surface area contributed by atoms with Crippen LogP contribution in [-0.2, 0) is 17.8 Å². The number of hydrogen-bond donors (Lipinski definition) is 3. The van der Waals surface area contributed by atoms with E-state index in [0.717, 1.165) is 22.2 Å². The van der Waals surface area contributed by atoms with Crippen molar-refractivity contribution in [1.29, 1.82) is 0 Å². The molecule has 3 aromatic rings. The molecule has 0 bridgehead atoms. The molecule has 1 unspecified atom stereocenters. The first-order valence-electron chi connectivity index (χ1n) is 7.67. The third-order valence-corrected chi connectivity index (χ3v) is 4.15. The van der Waals surface area contributed by atoms with Crippen molar-refractivity contribution in [3.63, 3.8) is 0 Å². The van der Waals surface area contributed by atoms with Gasteiger partial charge in [-0.1, -0.05) is 12.1 Å². The number of methoxy groups -OCH3 is 2. The fourth-order valence-corrected chi connectivity index (χ4v) is 2.76. The van der Waals surface area contributed by atoms with Gasteiger partial charge in [0.2, 0.25) is 11.3 Å². The van der Waals surface area contributed by atoms with Crippen molar-refractivity contribution < 1.29 is 18.2 Å². The minimum Gasteiger partial charge on any atom is -0.493 e. The van der Waals surface area contributed by atoms with E-state index in [2.05, 4.69) is 20.0 Å². The maximum Gasteiger partial charge on any atom is 0.232 e. The van der Waals surface area contributed by atoms with E-state index < -0.39 is 11.3 Å². The van der Waals surface area contributed by atoms with Crippen molar-refractivity contribution in [3.8, 4) is 11.5 Å². The number of anilines is 2. The summed E-state index contributed by atoms with van der Waals surface area (Å²) in [5, 5.41) is 4.05. The summed E-state index contributed by atoms with van der Waals surface area (Å²) in [5.41, 5.74) is 2.44. The zero-order chi connectivity index (χ0) is 18.5. The Labute approximate surface area is 153 Å². The van der Waals surface area contributed by atoms with Crippen LogP contribution >= 0.6 is 0 Å². The number of nitrogens with one attached hydrogen (secondary N) is 2. The molecule has 26 heavy (non-hydrogen) atoms. The van der Waals surface area contributed by atoms with Crippen molar-refractivity contribution in [2.45, 2.75) is 6.54 Å². The van der Waals surface area contributed by atoms with E-state index in [1.54, 1.807) is 20.3 Å². The van der Waals surface area contributed by atoms with E-state index in [0.29, 0.717) is 23.9 Å². The van der Waals surface area contributed by atoms with Gasteiger partial charge < -0.3 is 14.8 Å². The largest absolute Gasteiger partial charge is 0.493 e. The maximum absolute atomic E-state index is 10.7. The SMILES string of the molecule is COc1cc2ncnc(Nc3ccc(CNS(=O)O)cc3)c2cc1OC. The second kappa shape index (κ2) is 8.09. The Morgan fingerprint density at radius 1 is 1.08 bits per heavy atom. The fourth-order valence-electron chi connectivity index (χ4n) is 2.47. The van der Waals surface area contributed by atoms with E-state index in [-0.39, 0.29) is 0 Å². The molecule has 0 aliphatic carbocycles. The molecule has 3 N–H and O–H groups in total. The molecule has 0 saturated carbocycles. The molecule has 136 valence electrons. The van der Waals surface area contributed by atoms with Crippen molar-refractivity contribution >= 4 is 33.7 Å². The molecule has 9 heteroatoms. The molecule has 1 atom stereocenters. The molecule has 0 aliphatic rings. The maximum atomic E-state index is 10.7. The highest BCUT2D eigenvalue weighted by molar-refractivity contribution is 7.77. The Morgan fingerprint density at radius 3 is 2.42 bits per heavy atom. The van der Waals surface area contributed by atoms with E-state index in [9.17, 15) is 4.21 Å². The molecule has 0 saturated heterocycles. The third-order valence-electron chi connectivity index (χ3n) is 3.76. The lowest BCUT2D eigenvalue weighted by Gasteiger charge is -2.12. The Kier molecular flexibility index (Phi) is 5.61. The van der Waals surface area contributed by atoms with Gasteiger partial charge in [-0.3, -0.25) is 4.55 Å². The monoisotopic (exact) mass is 374 g/mol. The molecule has 0 fully saturated rings. The van der Waals surface area contributed by atoms with Crippen LogP contribution < -0.4 is 19.5 Å². The van der Waals surface area contributed by atoms with Gasteiger partial charge in [-0.15, -0.1) is 0 Å². The normalized spacial score (nSPS) is 12.0. The summed E-state index contributed by atoms with van der Waals surface area (Å²) >= 11 is -2.03. The highest BCUT2D eigenvalue weighted by Crippen LogP contribution is 2.34. The molecular formula is C17H18N4O4S. The molecule has 1 heterocycles. The Bertz CT molecular complexity index is 934. The summed E-state index contributed by atoms with van der Waals surface area (Å²) in [6, 6.07) is 11.1. The minimum absolute atomic E-state index is 0.302. The summed E-state index contributed by atoms with van der Waals surface area (Å²) in [4.78, 5) is 8.59. The Morgan fingerprint density at radius 2 is 1.77 bits per heavy atom. The summed E-state index contributed by atoms with van der Waals surface area (Å²) in [7, 11) is 3.15. The smallest absolute Gasteiger partial charge is 0.232 e. The minimum atomic E-state index is -2.03. The van der Waals surface area contributed by atoms with Crippen LogP contribution in [0.5, 0.6) is 11.5 Å². The van der Waals surface area contributed by atoms with Crippen LogP contribution in [0.1, 0.15) is 5.56 Å².